The molecule has 1 amide bonds. The number of non-ortho nitro benzene ring substituents is 1. The lowest BCUT2D eigenvalue weighted by Gasteiger charge is -2.04. The Morgan fingerprint density at radius 3 is 2.50 bits per heavy atom. The lowest BCUT2D eigenvalue weighted by atomic mass is 10.2. The molecule has 0 atom stereocenters. The van der Waals surface area contributed by atoms with Crippen LogP contribution in [0.15, 0.2) is 72.8 Å². The molecular weight excluding hydrogens is 406 g/mol. The molecule has 0 aliphatic heterocycles. The van der Waals surface area contributed by atoms with Gasteiger partial charge in [-0.25, -0.2) is 0 Å². The van der Waals surface area contributed by atoms with Crippen molar-refractivity contribution in [3.8, 4) is 5.69 Å². The summed E-state index contributed by atoms with van der Waals surface area (Å²) in [5.41, 5.74) is 2.84. The van der Waals surface area contributed by atoms with E-state index in [0.29, 0.717) is 27.3 Å². The average Bonchev–Trinajstić information content (AvgIpc) is 3.16. The summed E-state index contributed by atoms with van der Waals surface area (Å²) >= 11 is 6.28. The highest BCUT2D eigenvalue weighted by molar-refractivity contribution is 6.34. The molecule has 0 spiro atoms. The van der Waals surface area contributed by atoms with Gasteiger partial charge < -0.3 is 5.32 Å². The third-order valence-electron chi connectivity index (χ3n) is 4.22. The fourth-order valence-electron chi connectivity index (χ4n) is 2.80. The molecular formula is C21H14ClN5O3. The van der Waals surface area contributed by atoms with E-state index in [-0.39, 0.29) is 5.69 Å². The number of hydrogen-bond donors (Lipinski definition) is 1. The molecule has 0 aliphatic rings. The number of nitro benzene ring substituents is 1. The summed E-state index contributed by atoms with van der Waals surface area (Å²) in [4.78, 5) is 24.1. The second-order valence-electron chi connectivity index (χ2n) is 6.32. The molecule has 0 unspecified atom stereocenters. The van der Waals surface area contributed by atoms with Gasteiger partial charge in [0.2, 0.25) is 5.91 Å². The zero-order valence-electron chi connectivity index (χ0n) is 15.4. The number of nitrogens with one attached hydrogen (secondary N) is 1. The summed E-state index contributed by atoms with van der Waals surface area (Å²) in [5.74, 6) is -0.432. The molecule has 1 heterocycles. The van der Waals surface area contributed by atoms with Crippen molar-refractivity contribution >= 4 is 46.0 Å². The number of hydrogen-bond acceptors (Lipinski definition) is 5. The van der Waals surface area contributed by atoms with Gasteiger partial charge in [0.15, 0.2) is 0 Å². The van der Waals surface area contributed by atoms with Gasteiger partial charge >= 0.3 is 0 Å². The molecule has 3 aromatic carbocycles. The van der Waals surface area contributed by atoms with Crippen molar-refractivity contribution in [1.82, 2.24) is 15.0 Å². The average molecular weight is 420 g/mol. The Morgan fingerprint density at radius 2 is 1.77 bits per heavy atom. The number of fused-ring (bicyclic) bond motifs is 1. The minimum absolute atomic E-state index is 0.0486. The lowest BCUT2D eigenvalue weighted by Crippen LogP contribution is -2.08. The fourth-order valence-corrected chi connectivity index (χ4v) is 3.00. The molecule has 148 valence electrons. The Labute approximate surface area is 175 Å². The third-order valence-corrected chi connectivity index (χ3v) is 4.54. The molecule has 1 N–H and O–H groups in total. The fraction of sp³-hybridized carbons (Fsp3) is 0. The number of amides is 1. The van der Waals surface area contributed by atoms with Crippen molar-refractivity contribution in [3.05, 3.63) is 93.5 Å². The first-order chi connectivity index (χ1) is 14.5. The van der Waals surface area contributed by atoms with Crippen LogP contribution in [0.5, 0.6) is 0 Å². The van der Waals surface area contributed by atoms with E-state index < -0.39 is 10.8 Å². The quantitative estimate of drug-likeness (QED) is 0.288. The van der Waals surface area contributed by atoms with E-state index in [1.54, 1.807) is 24.3 Å². The highest BCUT2D eigenvalue weighted by Gasteiger charge is 2.11. The van der Waals surface area contributed by atoms with Crippen molar-refractivity contribution in [2.45, 2.75) is 0 Å². The molecule has 1 aromatic heterocycles. The van der Waals surface area contributed by atoms with E-state index >= 15 is 0 Å². The maximum Gasteiger partial charge on any atom is 0.270 e. The smallest absolute Gasteiger partial charge is 0.270 e. The molecule has 30 heavy (non-hydrogen) atoms. The number of nitro groups is 1. The number of benzene rings is 3. The lowest BCUT2D eigenvalue weighted by molar-refractivity contribution is -0.384. The van der Waals surface area contributed by atoms with Gasteiger partial charge in [0.25, 0.3) is 5.69 Å². The summed E-state index contributed by atoms with van der Waals surface area (Å²) in [5, 5.41) is 22.7. The Balaban J connectivity index is 1.54. The van der Waals surface area contributed by atoms with Crippen LogP contribution in [0.3, 0.4) is 0 Å². The highest BCUT2D eigenvalue weighted by atomic mass is 35.5. The summed E-state index contributed by atoms with van der Waals surface area (Å²) in [7, 11) is 0. The predicted octanol–water partition coefficient (Wildman–Crippen LogP) is 4.63. The number of carbonyl (C=O) groups excluding carboxylic acids is 1. The van der Waals surface area contributed by atoms with E-state index in [2.05, 4.69) is 15.5 Å². The van der Waals surface area contributed by atoms with Crippen molar-refractivity contribution in [2.24, 2.45) is 0 Å². The maximum absolute atomic E-state index is 12.3. The molecule has 0 aliphatic carbocycles. The van der Waals surface area contributed by atoms with Crippen LogP contribution in [0.4, 0.5) is 11.4 Å². The number of rotatable bonds is 5. The highest BCUT2D eigenvalue weighted by Crippen LogP contribution is 2.27. The van der Waals surface area contributed by atoms with Crippen molar-refractivity contribution < 1.29 is 9.72 Å². The normalized spacial score (nSPS) is 11.1. The number of halogens is 1. The van der Waals surface area contributed by atoms with E-state index in [0.717, 1.165) is 5.69 Å². The van der Waals surface area contributed by atoms with Gasteiger partial charge in [0.05, 0.1) is 21.3 Å². The Bertz CT molecular complexity index is 1280. The summed E-state index contributed by atoms with van der Waals surface area (Å²) in [6.07, 6.45) is 2.76. The van der Waals surface area contributed by atoms with Gasteiger partial charge in [-0.3, -0.25) is 14.9 Å². The minimum atomic E-state index is -0.491. The summed E-state index contributed by atoms with van der Waals surface area (Å²) in [6.45, 7) is 0. The second-order valence-corrected chi connectivity index (χ2v) is 6.73. The first kappa shape index (κ1) is 19.3. The zero-order chi connectivity index (χ0) is 21.1. The standard InChI is InChI=1S/C21H14ClN5O3/c22-17-12-19-20(25-26(24-19)15-6-2-1-3-7-15)13-18(17)23-21(28)10-9-14-5-4-8-16(11-14)27(29)30/h1-13H,(H,23,28). The number of para-hydroxylation sites is 1. The van der Waals surface area contributed by atoms with E-state index in [1.807, 2.05) is 30.3 Å². The van der Waals surface area contributed by atoms with Crippen LogP contribution in [0.25, 0.3) is 22.8 Å². The Kier molecular flexibility index (Phi) is 5.23. The number of aromatic nitrogens is 3. The first-order valence-electron chi connectivity index (χ1n) is 8.85. The molecule has 9 heteroatoms. The largest absolute Gasteiger partial charge is 0.321 e. The van der Waals surface area contributed by atoms with Crippen molar-refractivity contribution in [3.63, 3.8) is 0 Å². The minimum Gasteiger partial charge on any atom is -0.321 e. The van der Waals surface area contributed by atoms with Gasteiger partial charge in [-0.1, -0.05) is 41.9 Å². The topological polar surface area (TPSA) is 103 Å². The number of anilines is 1. The Hall–Kier alpha value is -4.04. The van der Waals surface area contributed by atoms with E-state index in [9.17, 15) is 14.9 Å². The van der Waals surface area contributed by atoms with Gasteiger partial charge in [-0.15, -0.1) is 10.2 Å². The van der Waals surface area contributed by atoms with Gasteiger partial charge in [-0.2, -0.15) is 4.80 Å². The number of carbonyl (C=O) groups is 1. The second kappa shape index (κ2) is 8.14. The summed E-state index contributed by atoms with van der Waals surface area (Å²) < 4.78 is 0. The van der Waals surface area contributed by atoms with E-state index in [1.165, 1.54) is 29.1 Å². The molecule has 0 saturated heterocycles. The van der Waals surface area contributed by atoms with Crippen molar-refractivity contribution in [1.29, 1.82) is 0 Å². The van der Waals surface area contributed by atoms with Crippen LogP contribution in [0.2, 0.25) is 5.02 Å². The monoisotopic (exact) mass is 419 g/mol. The maximum atomic E-state index is 12.3. The zero-order valence-corrected chi connectivity index (χ0v) is 16.2. The molecule has 8 nitrogen and oxygen atoms in total. The van der Waals surface area contributed by atoms with Gasteiger partial charge in [-0.05, 0) is 35.9 Å². The molecule has 0 saturated carbocycles. The predicted molar refractivity (Wildman–Crippen MR) is 115 cm³/mol. The van der Waals surface area contributed by atoms with Crippen LogP contribution in [0, 0.1) is 10.1 Å². The molecule has 0 radical (unpaired) electrons. The Morgan fingerprint density at radius 1 is 1.03 bits per heavy atom. The molecule has 0 bridgehead atoms. The van der Waals surface area contributed by atoms with Crippen LogP contribution in [-0.2, 0) is 4.79 Å². The third kappa shape index (κ3) is 4.18. The molecule has 4 aromatic rings. The van der Waals surface area contributed by atoms with Crippen LogP contribution >= 0.6 is 11.6 Å². The van der Waals surface area contributed by atoms with Crippen LogP contribution in [-0.4, -0.2) is 25.8 Å². The van der Waals surface area contributed by atoms with Gasteiger partial charge in [0.1, 0.15) is 11.0 Å². The molecule has 0 fully saturated rings. The number of nitrogens with zero attached hydrogens (tertiary/aromatic N) is 4. The van der Waals surface area contributed by atoms with Crippen LogP contribution in [0.1, 0.15) is 5.56 Å². The van der Waals surface area contributed by atoms with Crippen LogP contribution < -0.4 is 5.32 Å². The first-order valence-corrected chi connectivity index (χ1v) is 9.23. The molecule has 4 rings (SSSR count). The van der Waals surface area contributed by atoms with E-state index in [4.69, 9.17) is 11.6 Å². The van der Waals surface area contributed by atoms with Crippen molar-refractivity contribution in [2.75, 3.05) is 5.32 Å². The SMILES string of the molecule is O=C(C=Cc1cccc([N+](=O)[O-])c1)Nc1cc2nn(-c3ccccc3)nc2cc1Cl. The van der Waals surface area contributed by atoms with Gasteiger partial charge in [0, 0.05) is 18.2 Å². The summed E-state index contributed by atoms with van der Waals surface area (Å²) in [6, 6.07) is 18.7.